The molecule has 0 amide bonds. The summed E-state index contributed by atoms with van der Waals surface area (Å²) >= 11 is 0. The number of hydrogen-bond donors (Lipinski definition) is 2. The zero-order valence-electron chi connectivity index (χ0n) is 10.6. The molecule has 3 nitrogen and oxygen atoms in total. The summed E-state index contributed by atoms with van der Waals surface area (Å²) in [6.07, 6.45) is 0.969. The molecule has 0 saturated heterocycles. The number of para-hydroxylation sites is 1. The van der Waals surface area contributed by atoms with Gasteiger partial charge in [0.25, 0.3) is 0 Å². The van der Waals surface area contributed by atoms with Crippen molar-refractivity contribution in [2.24, 2.45) is 0 Å². The fourth-order valence-corrected chi connectivity index (χ4v) is 2.31. The van der Waals surface area contributed by atoms with Gasteiger partial charge in [-0.3, -0.25) is 4.79 Å². The molecular formula is C14H18N2O. The van der Waals surface area contributed by atoms with Crippen LogP contribution in [0.2, 0.25) is 0 Å². The fourth-order valence-electron chi connectivity index (χ4n) is 2.31. The summed E-state index contributed by atoms with van der Waals surface area (Å²) in [5.74, 6) is 0.143. The topological polar surface area (TPSA) is 44.9 Å². The van der Waals surface area contributed by atoms with E-state index in [2.05, 4.69) is 23.3 Å². The third-order valence-corrected chi connectivity index (χ3v) is 3.10. The lowest BCUT2D eigenvalue weighted by molar-refractivity contribution is 0.0994. The zero-order valence-corrected chi connectivity index (χ0v) is 10.6. The van der Waals surface area contributed by atoms with Crippen LogP contribution >= 0.6 is 0 Å². The molecule has 0 aliphatic rings. The minimum atomic E-state index is 0.143. The summed E-state index contributed by atoms with van der Waals surface area (Å²) in [7, 11) is 1.79. The summed E-state index contributed by atoms with van der Waals surface area (Å²) in [6.45, 7) is 4.46. The smallest absolute Gasteiger partial charge is 0.179 e. The molecule has 0 radical (unpaired) electrons. The van der Waals surface area contributed by atoms with Crippen molar-refractivity contribution in [3.63, 3.8) is 0 Å². The van der Waals surface area contributed by atoms with Crippen molar-refractivity contribution in [1.29, 1.82) is 0 Å². The highest BCUT2D eigenvalue weighted by molar-refractivity contribution is 6.10. The van der Waals surface area contributed by atoms with Crippen LogP contribution in [0.25, 0.3) is 10.9 Å². The number of fused-ring (bicyclic) bond motifs is 1. The van der Waals surface area contributed by atoms with Crippen LogP contribution < -0.4 is 5.32 Å². The molecule has 2 rings (SSSR count). The molecule has 0 saturated carbocycles. The summed E-state index contributed by atoms with van der Waals surface area (Å²) in [5, 5.41) is 3.96. The Hall–Kier alpha value is -1.61. The number of Topliss-reactive ketones (excluding diaryl/α,β-unsaturated/α-hetero) is 1. The molecule has 0 spiro atoms. The Labute approximate surface area is 101 Å². The Kier molecular flexibility index (Phi) is 3.29. The van der Waals surface area contributed by atoms with E-state index in [-0.39, 0.29) is 5.78 Å². The molecule has 1 aromatic carbocycles. The van der Waals surface area contributed by atoms with Gasteiger partial charge in [-0.25, -0.2) is 0 Å². The van der Waals surface area contributed by atoms with Crippen molar-refractivity contribution in [2.45, 2.75) is 20.3 Å². The maximum absolute atomic E-state index is 12.1. The van der Waals surface area contributed by atoms with Gasteiger partial charge in [-0.15, -0.1) is 0 Å². The number of carbonyl (C=O) groups excluding carboxylic acids is 1. The highest BCUT2D eigenvalue weighted by atomic mass is 16.1. The monoisotopic (exact) mass is 230 g/mol. The molecule has 90 valence electrons. The number of aromatic nitrogens is 1. The van der Waals surface area contributed by atoms with Crippen LogP contribution in [0, 0.1) is 6.92 Å². The summed E-state index contributed by atoms with van der Waals surface area (Å²) < 4.78 is 0. The predicted molar refractivity (Wildman–Crippen MR) is 70.7 cm³/mol. The number of carbonyl (C=O) groups is 1. The quantitative estimate of drug-likeness (QED) is 0.792. The van der Waals surface area contributed by atoms with Gasteiger partial charge in [-0.05, 0) is 26.0 Å². The van der Waals surface area contributed by atoms with Gasteiger partial charge in [0.15, 0.2) is 5.78 Å². The molecule has 0 bridgehead atoms. The third kappa shape index (κ3) is 1.98. The van der Waals surface area contributed by atoms with E-state index in [1.807, 2.05) is 19.1 Å². The van der Waals surface area contributed by atoms with Crippen LogP contribution in [0.5, 0.6) is 0 Å². The molecule has 0 aliphatic heterocycles. The minimum Gasteiger partial charge on any atom is -0.358 e. The van der Waals surface area contributed by atoms with Crippen molar-refractivity contribution >= 4 is 16.7 Å². The van der Waals surface area contributed by atoms with Crippen LogP contribution in [0.4, 0.5) is 0 Å². The van der Waals surface area contributed by atoms with E-state index in [9.17, 15) is 4.79 Å². The highest BCUT2D eigenvalue weighted by Gasteiger charge is 2.16. The number of aromatic amines is 1. The second-order valence-electron chi connectivity index (χ2n) is 4.27. The molecule has 2 N–H and O–H groups in total. The van der Waals surface area contributed by atoms with Gasteiger partial charge in [0.05, 0.1) is 6.54 Å². The van der Waals surface area contributed by atoms with E-state index in [0.29, 0.717) is 6.54 Å². The molecule has 0 unspecified atom stereocenters. The lowest BCUT2D eigenvalue weighted by atomic mass is 10.0. The first kappa shape index (κ1) is 11.9. The number of H-pyrrole nitrogens is 1. The van der Waals surface area contributed by atoms with E-state index < -0.39 is 0 Å². The molecule has 1 aromatic heterocycles. The third-order valence-electron chi connectivity index (χ3n) is 3.10. The second kappa shape index (κ2) is 4.72. The van der Waals surface area contributed by atoms with Crippen LogP contribution in [0.3, 0.4) is 0 Å². The Morgan fingerprint density at radius 2 is 2.18 bits per heavy atom. The summed E-state index contributed by atoms with van der Waals surface area (Å²) in [5.41, 5.74) is 4.15. The van der Waals surface area contributed by atoms with E-state index in [0.717, 1.165) is 28.6 Å². The lowest BCUT2D eigenvalue weighted by Gasteiger charge is -2.01. The summed E-state index contributed by atoms with van der Waals surface area (Å²) in [4.78, 5) is 15.4. The Morgan fingerprint density at radius 1 is 1.41 bits per heavy atom. The number of nitrogens with one attached hydrogen (secondary N) is 2. The number of rotatable bonds is 4. The van der Waals surface area contributed by atoms with Crippen molar-refractivity contribution in [3.8, 4) is 0 Å². The number of hydrogen-bond acceptors (Lipinski definition) is 2. The molecule has 0 fully saturated rings. The molecule has 1 heterocycles. The van der Waals surface area contributed by atoms with E-state index in [4.69, 9.17) is 0 Å². The number of aryl methyl sites for hydroxylation is 2. The van der Waals surface area contributed by atoms with Gasteiger partial charge in [-0.1, -0.05) is 25.1 Å². The Bertz CT molecular complexity index is 555. The van der Waals surface area contributed by atoms with Crippen LogP contribution in [-0.4, -0.2) is 24.4 Å². The van der Waals surface area contributed by atoms with Gasteiger partial charge in [0, 0.05) is 22.2 Å². The normalized spacial score (nSPS) is 11.0. The van der Waals surface area contributed by atoms with Gasteiger partial charge < -0.3 is 10.3 Å². The first-order valence-electron chi connectivity index (χ1n) is 5.97. The van der Waals surface area contributed by atoms with E-state index in [1.54, 1.807) is 7.05 Å². The Balaban J connectivity index is 2.64. The average molecular weight is 230 g/mol. The van der Waals surface area contributed by atoms with Gasteiger partial charge in [-0.2, -0.15) is 0 Å². The number of benzene rings is 1. The second-order valence-corrected chi connectivity index (χ2v) is 4.27. The van der Waals surface area contributed by atoms with Gasteiger partial charge in [0.2, 0.25) is 0 Å². The SMILES string of the molecule is CCc1cccc2c(C(=O)CNC)c(C)[nH]c12. The first-order valence-corrected chi connectivity index (χ1v) is 5.97. The van der Waals surface area contributed by atoms with Crippen molar-refractivity contribution in [1.82, 2.24) is 10.3 Å². The molecular weight excluding hydrogens is 212 g/mol. The first-order chi connectivity index (χ1) is 8.19. The standard InChI is InChI=1S/C14H18N2O/c1-4-10-6-5-7-11-13(12(17)8-15-3)9(2)16-14(10)11/h5-7,15-16H,4,8H2,1-3H3. The largest absolute Gasteiger partial charge is 0.358 e. The number of likely N-dealkylation sites (N-methyl/N-ethyl adjacent to an activating group) is 1. The fraction of sp³-hybridized carbons (Fsp3) is 0.357. The van der Waals surface area contributed by atoms with Crippen LogP contribution in [0.15, 0.2) is 18.2 Å². The van der Waals surface area contributed by atoms with Gasteiger partial charge >= 0.3 is 0 Å². The van der Waals surface area contributed by atoms with Crippen LogP contribution in [0.1, 0.15) is 28.5 Å². The van der Waals surface area contributed by atoms with E-state index in [1.165, 1.54) is 5.56 Å². The van der Waals surface area contributed by atoms with Crippen LogP contribution in [-0.2, 0) is 6.42 Å². The van der Waals surface area contributed by atoms with E-state index >= 15 is 0 Å². The highest BCUT2D eigenvalue weighted by Crippen LogP contribution is 2.25. The summed E-state index contributed by atoms with van der Waals surface area (Å²) in [6, 6.07) is 6.14. The van der Waals surface area contributed by atoms with Crippen molar-refractivity contribution < 1.29 is 4.79 Å². The molecule has 3 heteroatoms. The molecule has 2 aromatic rings. The lowest BCUT2D eigenvalue weighted by Crippen LogP contribution is -2.18. The average Bonchev–Trinajstić information content (AvgIpc) is 2.65. The van der Waals surface area contributed by atoms with Gasteiger partial charge in [0.1, 0.15) is 0 Å². The molecule has 17 heavy (non-hydrogen) atoms. The minimum absolute atomic E-state index is 0.143. The zero-order chi connectivity index (χ0) is 12.4. The van der Waals surface area contributed by atoms with Crippen molar-refractivity contribution in [2.75, 3.05) is 13.6 Å². The Morgan fingerprint density at radius 3 is 2.82 bits per heavy atom. The maximum atomic E-state index is 12.1. The predicted octanol–water partition coefficient (Wildman–Crippen LogP) is 2.44. The van der Waals surface area contributed by atoms with Crippen molar-refractivity contribution in [3.05, 3.63) is 35.0 Å². The number of ketones is 1. The maximum Gasteiger partial charge on any atom is 0.179 e. The molecule has 0 atom stereocenters. The molecule has 0 aliphatic carbocycles.